The zero-order valence-electron chi connectivity index (χ0n) is 15.3. The summed E-state index contributed by atoms with van der Waals surface area (Å²) in [6, 6.07) is 13.6. The zero-order chi connectivity index (χ0) is 19.9. The number of ether oxygens (including phenoxy) is 1. The van der Waals surface area contributed by atoms with Crippen LogP contribution >= 0.6 is 7.75 Å². The third-order valence-electron chi connectivity index (χ3n) is 3.23. The Hall–Kier alpha value is -2.54. The largest absolute Gasteiger partial charge is 0.513 e. The van der Waals surface area contributed by atoms with Crippen molar-refractivity contribution in [2.24, 2.45) is 0 Å². The predicted molar refractivity (Wildman–Crippen MR) is 101 cm³/mol. The minimum absolute atomic E-state index is 0.227. The molecule has 0 radical (unpaired) electrons. The van der Waals surface area contributed by atoms with Gasteiger partial charge >= 0.3 is 13.7 Å². The number of hydrogen-bond acceptors (Lipinski definition) is 7. The minimum atomic E-state index is -3.97. The first-order valence-electron chi connectivity index (χ1n) is 8.34. The number of benzene rings is 2. The van der Waals surface area contributed by atoms with Crippen molar-refractivity contribution < 1.29 is 28.4 Å². The molecule has 0 aliphatic carbocycles. The summed E-state index contributed by atoms with van der Waals surface area (Å²) in [5, 5.41) is 11.5. The quantitative estimate of drug-likeness (QED) is 0.333. The number of nitrogens with one attached hydrogen (secondary N) is 2. The van der Waals surface area contributed by atoms with Crippen molar-refractivity contribution in [3.63, 3.8) is 0 Å². The lowest BCUT2D eigenvalue weighted by atomic mass is 10.3. The molecular formula is C18H23N2O6P. The molecule has 0 bridgehead atoms. The Morgan fingerprint density at radius 2 is 1.52 bits per heavy atom. The second-order valence-electron chi connectivity index (χ2n) is 5.97. The van der Waals surface area contributed by atoms with Crippen LogP contribution < -0.4 is 19.6 Å². The van der Waals surface area contributed by atoms with E-state index < -0.39 is 19.8 Å². The lowest BCUT2D eigenvalue weighted by Crippen LogP contribution is -2.36. The molecule has 2 aromatic carbocycles. The molecule has 8 nitrogen and oxygen atoms in total. The molecule has 146 valence electrons. The van der Waals surface area contributed by atoms with Crippen LogP contribution in [0.3, 0.4) is 0 Å². The summed E-state index contributed by atoms with van der Waals surface area (Å²) in [5.41, 5.74) is 2.42. The highest BCUT2D eigenvalue weighted by atomic mass is 31.2. The van der Waals surface area contributed by atoms with Crippen molar-refractivity contribution in [1.29, 1.82) is 0 Å². The molecule has 2 aromatic rings. The van der Waals surface area contributed by atoms with Gasteiger partial charge in [-0.05, 0) is 57.2 Å². The van der Waals surface area contributed by atoms with Gasteiger partial charge in [-0.25, -0.2) is 4.57 Å². The number of carbonyl (C=O) groups excluding carboxylic acids is 1. The lowest BCUT2D eigenvalue weighted by molar-refractivity contribution is -0.149. The van der Waals surface area contributed by atoms with Crippen LogP contribution in [-0.2, 0) is 14.1 Å². The maximum Gasteiger partial charge on any atom is 0.513 e. The maximum atomic E-state index is 13.3. The van der Waals surface area contributed by atoms with Gasteiger partial charge in [-0.3, -0.25) is 15.5 Å². The summed E-state index contributed by atoms with van der Waals surface area (Å²) in [6.45, 7) is 4.95. The van der Waals surface area contributed by atoms with Crippen molar-refractivity contribution in [1.82, 2.24) is 5.09 Å². The van der Waals surface area contributed by atoms with E-state index in [0.29, 0.717) is 11.4 Å². The summed E-state index contributed by atoms with van der Waals surface area (Å²) in [4.78, 5) is 12.1. The average Bonchev–Trinajstić information content (AvgIpc) is 2.62. The molecule has 0 saturated carbocycles. The number of hydrogen-bond donors (Lipinski definition) is 3. The molecule has 27 heavy (non-hydrogen) atoms. The highest BCUT2D eigenvalue weighted by molar-refractivity contribution is 7.52. The first-order chi connectivity index (χ1) is 12.8. The molecule has 0 saturated heterocycles. The van der Waals surface area contributed by atoms with Crippen LogP contribution in [0.2, 0.25) is 0 Å². The SMILES string of the molecule is CC(C)OC(=O)[C@H](C)N[P@@](=O)(Oc1ccccc1)Oc1ccc(NO)cc1. The number of esters is 1. The lowest BCUT2D eigenvalue weighted by Gasteiger charge is -2.23. The molecule has 9 heteroatoms. The summed E-state index contributed by atoms with van der Waals surface area (Å²) < 4.78 is 29.5. The summed E-state index contributed by atoms with van der Waals surface area (Å²) in [5.74, 6) is -0.0399. The van der Waals surface area contributed by atoms with Crippen molar-refractivity contribution in [2.45, 2.75) is 32.9 Å². The van der Waals surface area contributed by atoms with Gasteiger partial charge in [-0.2, -0.15) is 5.09 Å². The van der Waals surface area contributed by atoms with Crippen LogP contribution in [0, 0.1) is 0 Å². The fourth-order valence-electron chi connectivity index (χ4n) is 2.04. The Balaban J connectivity index is 2.21. The number of anilines is 1. The Bertz CT molecular complexity index is 782. The highest BCUT2D eigenvalue weighted by Gasteiger charge is 2.34. The topological polar surface area (TPSA) is 106 Å². The molecule has 0 amide bonds. The second-order valence-corrected chi connectivity index (χ2v) is 7.58. The molecule has 0 aliphatic heterocycles. The molecule has 2 rings (SSSR count). The van der Waals surface area contributed by atoms with E-state index in [0.717, 1.165) is 0 Å². The molecular weight excluding hydrogens is 371 g/mol. The Morgan fingerprint density at radius 1 is 0.963 bits per heavy atom. The first kappa shape index (κ1) is 20.8. The number of para-hydroxylation sites is 1. The van der Waals surface area contributed by atoms with Crippen LogP contribution in [0.15, 0.2) is 54.6 Å². The third kappa shape index (κ3) is 6.60. The van der Waals surface area contributed by atoms with Crippen LogP contribution in [0.4, 0.5) is 5.69 Å². The molecule has 0 aromatic heterocycles. The van der Waals surface area contributed by atoms with E-state index in [4.69, 9.17) is 19.0 Å². The third-order valence-corrected chi connectivity index (χ3v) is 4.84. The van der Waals surface area contributed by atoms with Gasteiger partial charge in [0.1, 0.15) is 17.5 Å². The highest BCUT2D eigenvalue weighted by Crippen LogP contribution is 2.45. The zero-order valence-corrected chi connectivity index (χ0v) is 16.2. The van der Waals surface area contributed by atoms with Crippen molar-refractivity contribution in [2.75, 3.05) is 5.48 Å². The van der Waals surface area contributed by atoms with Gasteiger partial charge in [0.25, 0.3) is 0 Å². The van der Waals surface area contributed by atoms with E-state index in [-0.39, 0.29) is 11.9 Å². The van der Waals surface area contributed by atoms with Gasteiger partial charge in [-0.1, -0.05) is 18.2 Å². The number of carbonyl (C=O) groups is 1. The summed E-state index contributed by atoms with van der Waals surface area (Å²) in [6.07, 6.45) is -0.310. The molecule has 0 fully saturated rings. The first-order valence-corrected chi connectivity index (χ1v) is 9.88. The van der Waals surface area contributed by atoms with Gasteiger partial charge in [-0.15, -0.1) is 0 Å². The van der Waals surface area contributed by atoms with Crippen molar-refractivity contribution in [3.8, 4) is 11.5 Å². The molecule has 3 N–H and O–H groups in total. The van der Waals surface area contributed by atoms with E-state index in [9.17, 15) is 9.36 Å². The molecule has 0 aliphatic rings. The summed E-state index contributed by atoms with van der Waals surface area (Å²) >= 11 is 0. The fourth-order valence-corrected chi connectivity index (χ4v) is 3.57. The minimum Gasteiger partial charge on any atom is -0.462 e. The summed E-state index contributed by atoms with van der Waals surface area (Å²) in [7, 11) is -3.97. The monoisotopic (exact) mass is 394 g/mol. The van der Waals surface area contributed by atoms with Gasteiger partial charge in [0.2, 0.25) is 0 Å². The molecule has 0 spiro atoms. The Kier molecular flexibility index (Phi) is 7.24. The van der Waals surface area contributed by atoms with Crippen LogP contribution in [0.1, 0.15) is 20.8 Å². The van der Waals surface area contributed by atoms with Crippen LogP contribution in [0.5, 0.6) is 11.5 Å². The fraction of sp³-hybridized carbons (Fsp3) is 0.278. The average molecular weight is 394 g/mol. The normalized spacial score (nSPS) is 14.1. The van der Waals surface area contributed by atoms with E-state index in [1.54, 1.807) is 44.2 Å². The Morgan fingerprint density at radius 3 is 2.04 bits per heavy atom. The van der Waals surface area contributed by atoms with E-state index in [2.05, 4.69) is 5.09 Å². The van der Waals surface area contributed by atoms with E-state index >= 15 is 0 Å². The number of rotatable bonds is 9. The van der Waals surface area contributed by atoms with Gasteiger partial charge < -0.3 is 13.8 Å². The maximum absolute atomic E-state index is 13.3. The molecule has 0 heterocycles. The van der Waals surface area contributed by atoms with E-state index in [1.165, 1.54) is 31.2 Å². The predicted octanol–water partition coefficient (Wildman–Crippen LogP) is 3.98. The smallest absolute Gasteiger partial charge is 0.462 e. The van der Waals surface area contributed by atoms with Crippen LogP contribution in [-0.4, -0.2) is 23.3 Å². The van der Waals surface area contributed by atoms with Crippen molar-refractivity contribution in [3.05, 3.63) is 54.6 Å². The van der Waals surface area contributed by atoms with E-state index in [1.807, 2.05) is 5.48 Å². The Labute approximate surface area is 158 Å². The van der Waals surface area contributed by atoms with Gasteiger partial charge in [0, 0.05) is 0 Å². The standard InChI is InChI=1S/C18H23N2O6P/c1-13(2)24-18(21)14(3)20-27(23,25-16-7-5-4-6-8-16)26-17-11-9-15(19-22)10-12-17/h4-14,19,22H,1-3H3,(H,20,23)/t14-,27+/m0/s1. The second kappa shape index (κ2) is 9.41. The van der Waals surface area contributed by atoms with Gasteiger partial charge in [0.15, 0.2) is 0 Å². The van der Waals surface area contributed by atoms with Gasteiger partial charge in [0.05, 0.1) is 11.8 Å². The molecule has 2 atom stereocenters. The molecule has 0 unspecified atom stereocenters. The van der Waals surface area contributed by atoms with Crippen LogP contribution in [0.25, 0.3) is 0 Å². The van der Waals surface area contributed by atoms with Crippen molar-refractivity contribution >= 4 is 19.4 Å².